The first-order chi connectivity index (χ1) is 39.1. The molecule has 5 heterocycles. The van der Waals surface area contributed by atoms with E-state index in [0.29, 0.717) is 0 Å². The van der Waals surface area contributed by atoms with Gasteiger partial charge in [0.05, 0.1) is 16.6 Å². The summed E-state index contributed by atoms with van der Waals surface area (Å²) in [5, 5.41) is 13.2. The van der Waals surface area contributed by atoms with Crippen LogP contribution in [0.3, 0.4) is 0 Å². The molecule has 78 heavy (non-hydrogen) atoms. The summed E-state index contributed by atoms with van der Waals surface area (Å²) in [6.45, 7) is 10.9. The zero-order valence-corrected chi connectivity index (χ0v) is 44.0. The number of aryl methyl sites for hydroxylation is 4. The van der Waals surface area contributed by atoms with Gasteiger partial charge in [0.2, 0.25) is 0 Å². The number of rotatable bonds is 6. The van der Waals surface area contributed by atoms with E-state index in [2.05, 4.69) is 188 Å². The van der Waals surface area contributed by atoms with Gasteiger partial charge in [0.15, 0.2) is 0 Å². The molecule has 6 heteroatoms. The summed E-state index contributed by atoms with van der Waals surface area (Å²) in [6.07, 6.45) is 0. The van der Waals surface area contributed by atoms with Crippen LogP contribution in [-0.2, 0) is 5.41 Å². The van der Waals surface area contributed by atoms with E-state index in [1.807, 2.05) is 49.4 Å². The van der Waals surface area contributed by atoms with Crippen molar-refractivity contribution in [1.82, 2.24) is 4.40 Å². The van der Waals surface area contributed by atoms with Crippen LogP contribution < -0.4 is 9.80 Å². The Morgan fingerprint density at radius 3 is 1.40 bits per heavy atom. The van der Waals surface area contributed by atoms with Crippen molar-refractivity contribution in [2.24, 2.45) is 0 Å². The molecule has 0 amide bonds. The molecule has 0 saturated carbocycles. The second kappa shape index (κ2) is 16.0. The Hall–Kier alpha value is -9.52. The lowest BCUT2D eigenvalue weighted by Crippen LogP contribution is -2.10. The molecule has 0 aliphatic rings. The fraction of sp³-hybridized carbons (Fsp3) is 0.111. The van der Waals surface area contributed by atoms with Gasteiger partial charge in [-0.3, -0.25) is 0 Å². The van der Waals surface area contributed by atoms with Gasteiger partial charge in [0, 0.05) is 116 Å². The van der Waals surface area contributed by atoms with E-state index in [4.69, 9.17) is 17.4 Å². The van der Waals surface area contributed by atoms with Crippen molar-refractivity contribution in [1.29, 1.82) is 0 Å². The SMILES string of the molecule is [2H]C([2H])([2H])c1cc(C)cc(N(c2ccc3c(c2)oc2ccccc23)c2ccc3c(c2)oc2c3ccc3c2ccc2c3c3cc(C(C)(C)C)cc4c5ccc(N(c6cc(C)cc(C)c6)c6ccc7c(c6)oc6ccccc67)cc5n2c43)c1. The molecule has 6 nitrogen and oxygen atoms in total. The summed E-state index contributed by atoms with van der Waals surface area (Å²) in [5.41, 5.74) is 18.5. The number of nitrogens with zero attached hydrogens (tertiary/aromatic N) is 3. The van der Waals surface area contributed by atoms with Gasteiger partial charge in [0.25, 0.3) is 0 Å². The fourth-order valence-corrected chi connectivity index (χ4v) is 12.9. The van der Waals surface area contributed by atoms with Gasteiger partial charge in [-0.2, -0.15) is 0 Å². The second-order valence-corrected chi connectivity index (χ2v) is 22.6. The number of aromatic nitrogens is 1. The van der Waals surface area contributed by atoms with Crippen LogP contribution in [0, 0.1) is 27.6 Å². The average molecular weight is 1010 g/mol. The minimum atomic E-state index is -2.30. The molecule has 0 atom stereocenters. The van der Waals surface area contributed by atoms with E-state index >= 15 is 0 Å². The number of anilines is 6. The monoisotopic (exact) mass is 1010 g/mol. The summed E-state index contributed by atoms with van der Waals surface area (Å²) >= 11 is 0. The molecular formula is C72H53N3O3. The highest BCUT2D eigenvalue weighted by molar-refractivity contribution is 6.31. The Labute approximate surface area is 454 Å². The van der Waals surface area contributed by atoms with Crippen LogP contribution >= 0.6 is 0 Å². The zero-order valence-electron chi connectivity index (χ0n) is 47.0. The Bertz CT molecular complexity index is 5320. The number of para-hydroxylation sites is 2. The van der Waals surface area contributed by atoms with E-state index in [1.54, 1.807) is 12.1 Å². The highest BCUT2D eigenvalue weighted by atomic mass is 16.3. The summed E-state index contributed by atoms with van der Waals surface area (Å²) in [7, 11) is 0. The number of hydrogen-bond donors (Lipinski definition) is 0. The lowest BCUT2D eigenvalue weighted by atomic mass is 9.85. The van der Waals surface area contributed by atoms with Crippen molar-refractivity contribution in [3.8, 4) is 0 Å². The minimum absolute atomic E-state index is 0.121. The summed E-state index contributed by atoms with van der Waals surface area (Å²) in [4.78, 5) is 4.47. The Balaban J connectivity index is 0.894. The van der Waals surface area contributed by atoms with Crippen LogP contribution in [0.4, 0.5) is 34.1 Å². The van der Waals surface area contributed by atoms with Gasteiger partial charge in [-0.15, -0.1) is 0 Å². The maximum Gasteiger partial charge on any atom is 0.143 e. The smallest absolute Gasteiger partial charge is 0.143 e. The lowest BCUT2D eigenvalue weighted by Gasteiger charge is -2.26. The molecule has 0 aliphatic carbocycles. The van der Waals surface area contributed by atoms with Gasteiger partial charge in [-0.25, -0.2) is 0 Å². The first kappa shape index (κ1) is 41.7. The number of benzene rings is 11. The highest BCUT2D eigenvalue weighted by Crippen LogP contribution is 2.49. The maximum atomic E-state index is 8.41. The zero-order chi connectivity index (χ0) is 55.0. The standard InChI is InChI=1S/C72H53N3O3/c1-40-28-41(2)31-49(30-40)73(46-17-21-54-52-12-8-10-14-64(52)76-66(54)37-46)45-16-20-51-60-34-44(72(5,6)7)35-61-69-57-24-25-58-56-23-19-48(39-68(56)78-71(58)59(57)26-27-62(69)75(70(60)61)63(51)36-45)74(50-32-42(3)29-43(4)33-50)47-18-22-55-53-13-9-11-15-65(53)77-67(55)38-47/h8-39H,1-7H3/i3D3. The molecule has 0 saturated heterocycles. The normalized spacial score (nSPS) is 13.3. The minimum Gasteiger partial charge on any atom is -0.456 e. The molecule has 16 rings (SSSR count). The summed E-state index contributed by atoms with van der Waals surface area (Å²) in [6, 6.07) is 68.5. The molecule has 0 spiro atoms. The van der Waals surface area contributed by atoms with Crippen molar-refractivity contribution in [2.45, 2.75) is 53.8 Å². The first-order valence-electron chi connectivity index (χ1n) is 28.3. The number of furan rings is 3. The Morgan fingerprint density at radius 1 is 0.359 bits per heavy atom. The second-order valence-electron chi connectivity index (χ2n) is 22.6. The van der Waals surface area contributed by atoms with E-state index in [-0.39, 0.29) is 11.0 Å². The number of hydrogen-bond acceptors (Lipinski definition) is 5. The Kier molecular flexibility index (Phi) is 8.56. The number of fused-ring (bicyclic) bond motifs is 18. The van der Waals surface area contributed by atoms with Gasteiger partial charge in [-0.05, 0) is 182 Å². The molecule has 5 aromatic heterocycles. The van der Waals surface area contributed by atoms with Crippen molar-refractivity contribution >= 4 is 149 Å². The molecule has 11 aromatic carbocycles. The van der Waals surface area contributed by atoms with Crippen molar-refractivity contribution < 1.29 is 17.4 Å². The molecular weight excluding hydrogens is 955 g/mol. The van der Waals surface area contributed by atoms with Crippen molar-refractivity contribution in [3.63, 3.8) is 0 Å². The molecule has 374 valence electrons. The van der Waals surface area contributed by atoms with Crippen molar-refractivity contribution in [2.75, 3.05) is 9.80 Å². The van der Waals surface area contributed by atoms with Crippen LogP contribution in [0.5, 0.6) is 0 Å². The lowest BCUT2D eigenvalue weighted by molar-refractivity contribution is 0.592. The summed E-state index contributed by atoms with van der Waals surface area (Å²) < 4.78 is 47.7. The third-order valence-corrected chi connectivity index (χ3v) is 16.4. The maximum absolute atomic E-state index is 8.41. The first-order valence-corrected chi connectivity index (χ1v) is 26.8. The molecule has 0 N–H and O–H groups in total. The van der Waals surface area contributed by atoms with Crippen LogP contribution in [0.1, 0.15) is 52.7 Å². The average Bonchev–Trinajstić information content (AvgIpc) is 1.94. The van der Waals surface area contributed by atoms with Gasteiger partial charge in [-0.1, -0.05) is 81.4 Å². The molecule has 0 bridgehead atoms. The van der Waals surface area contributed by atoms with Crippen molar-refractivity contribution in [3.05, 3.63) is 222 Å². The van der Waals surface area contributed by atoms with E-state index in [0.717, 1.165) is 127 Å². The van der Waals surface area contributed by atoms with Crippen LogP contribution in [0.25, 0.3) is 115 Å². The van der Waals surface area contributed by atoms with E-state index in [1.165, 1.54) is 43.8 Å². The highest BCUT2D eigenvalue weighted by Gasteiger charge is 2.27. The quantitative estimate of drug-likeness (QED) is 0.166. The molecule has 0 unspecified atom stereocenters. The van der Waals surface area contributed by atoms with Gasteiger partial charge < -0.3 is 27.5 Å². The molecule has 0 radical (unpaired) electrons. The largest absolute Gasteiger partial charge is 0.456 e. The summed E-state index contributed by atoms with van der Waals surface area (Å²) in [5.74, 6) is 0. The van der Waals surface area contributed by atoms with Crippen LogP contribution in [-0.4, -0.2) is 4.40 Å². The molecule has 0 aliphatic heterocycles. The predicted octanol–water partition coefficient (Wildman–Crippen LogP) is 21.2. The molecule has 0 fully saturated rings. The van der Waals surface area contributed by atoms with E-state index < -0.39 is 6.85 Å². The van der Waals surface area contributed by atoms with Crippen LogP contribution in [0.15, 0.2) is 207 Å². The topological polar surface area (TPSA) is 50.3 Å². The van der Waals surface area contributed by atoms with Crippen LogP contribution in [0.2, 0.25) is 0 Å². The third-order valence-electron chi connectivity index (χ3n) is 16.4. The van der Waals surface area contributed by atoms with Gasteiger partial charge >= 0.3 is 0 Å². The Morgan fingerprint density at radius 2 is 0.808 bits per heavy atom. The third kappa shape index (κ3) is 6.56. The van der Waals surface area contributed by atoms with E-state index in [9.17, 15) is 0 Å². The fourth-order valence-electron chi connectivity index (χ4n) is 12.9. The molecule has 16 aromatic rings. The predicted molar refractivity (Wildman–Crippen MR) is 327 cm³/mol. The van der Waals surface area contributed by atoms with Gasteiger partial charge in [0.1, 0.15) is 33.5 Å².